The third-order valence-corrected chi connectivity index (χ3v) is 9.50. The summed E-state index contributed by atoms with van der Waals surface area (Å²) in [5, 5.41) is 0. The molecule has 0 spiro atoms. The van der Waals surface area contributed by atoms with Crippen molar-refractivity contribution in [1.29, 1.82) is 0 Å². The Kier molecular flexibility index (Phi) is 55.1. The van der Waals surface area contributed by atoms with Gasteiger partial charge in [-0.2, -0.15) is 0 Å². The van der Waals surface area contributed by atoms with E-state index in [0.717, 1.165) is 26.1 Å². The van der Waals surface area contributed by atoms with Crippen molar-refractivity contribution in [1.82, 2.24) is 0 Å². The van der Waals surface area contributed by atoms with Crippen molar-refractivity contribution in [2.45, 2.75) is 155 Å². The minimum absolute atomic E-state index is 0.529. The van der Waals surface area contributed by atoms with Crippen LogP contribution in [0.3, 0.4) is 0 Å². The van der Waals surface area contributed by atoms with Gasteiger partial charge in [0.2, 0.25) is 0 Å². The van der Waals surface area contributed by atoms with Crippen LogP contribution >= 0.6 is 0 Å². The predicted octanol–water partition coefficient (Wildman–Crippen LogP) is 9.79. The Labute approximate surface area is 351 Å². The monoisotopic (exact) mass is 823 g/mol. The number of ether oxygens (including phenoxy) is 11. The highest BCUT2D eigenvalue weighted by molar-refractivity contribution is 4.50. The molecule has 0 aromatic carbocycles. The average molecular weight is 823 g/mol. The fourth-order valence-corrected chi connectivity index (χ4v) is 6.04. The first-order valence-corrected chi connectivity index (χ1v) is 23.8. The molecule has 0 radical (unpaired) electrons. The zero-order chi connectivity index (χ0) is 40.9. The third-order valence-electron chi connectivity index (χ3n) is 9.50. The molecule has 0 atom stereocenters. The van der Waals surface area contributed by atoms with Crippen molar-refractivity contribution in [2.75, 3.05) is 145 Å². The van der Waals surface area contributed by atoms with E-state index in [-0.39, 0.29) is 0 Å². The Morgan fingerprint density at radius 1 is 0.140 bits per heavy atom. The summed E-state index contributed by atoms with van der Waals surface area (Å²) >= 11 is 0. The molecule has 0 aliphatic rings. The standard InChI is InChI=1S/C46H94O11/c1-3-5-7-9-11-13-14-15-16-17-18-20-22-24-26-48-28-30-50-32-34-52-36-38-54-40-42-56-44-46-57-45-43-55-41-39-53-37-35-51-33-31-49-29-27-47-25-23-21-19-12-10-8-6-4-2/h3-46H2,1-2H3. The Morgan fingerprint density at radius 3 is 0.421 bits per heavy atom. The smallest absolute Gasteiger partial charge is 0.0701 e. The number of unbranched alkanes of at least 4 members (excludes halogenated alkanes) is 20. The molecule has 57 heavy (non-hydrogen) atoms. The topological polar surface area (TPSA) is 102 Å². The van der Waals surface area contributed by atoms with Gasteiger partial charge in [-0.05, 0) is 12.8 Å². The van der Waals surface area contributed by atoms with Crippen LogP contribution in [-0.4, -0.2) is 145 Å². The lowest BCUT2D eigenvalue weighted by Gasteiger charge is -2.09. The molecular formula is C46H94O11. The zero-order valence-corrected chi connectivity index (χ0v) is 37.6. The fraction of sp³-hybridized carbons (Fsp3) is 1.00. The van der Waals surface area contributed by atoms with Gasteiger partial charge < -0.3 is 52.1 Å². The minimum Gasteiger partial charge on any atom is -0.379 e. The first-order valence-electron chi connectivity index (χ1n) is 23.8. The quantitative estimate of drug-likeness (QED) is 0.0548. The minimum atomic E-state index is 0.529. The van der Waals surface area contributed by atoms with Crippen LogP contribution in [0.15, 0.2) is 0 Å². The van der Waals surface area contributed by atoms with E-state index in [0.29, 0.717) is 132 Å². The molecule has 0 heterocycles. The van der Waals surface area contributed by atoms with E-state index < -0.39 is 0 Å². The van der Waals surface area contributed by atoms with Crippen LogP contribution in [0.5, 0.6) is 0 Å². The molecule has 0 N–H and O–H groups in total. The fourth-order valence-electron chi connectivity index (χ4n) is 6.04. The second-order valence-corrected chi connectivity index (χ2v) is 14.8. The molecule has 11 heteroatoms. The van der Waals surface area contributed by atoms with Gasteiger partial charge in [0.25, 0.3) is 0 Å². The van der Waals surface area contributed by atoms with Gasteiger partial charge in [-0.3, -0.25) is 0 Å². The lowest BCUT2D eigenvalue weighted by atomic mass is 10.0. The van der Waals surface area contributed by atoms with E-state index in [9.17, 15) is 0 Å². The van der Waals surface area contributed by atoms with E-state index in [1.54, 1.807) is 0 Å². The molecule has 0 bridgehead atoms. The van der Waals surface area contributed by atoms with Crippen LogP contribution < -0.4 is 0 Å². The van der Waals surface area contributed by atoms with Gasteiger partial charge in [-0.25, -0.2) is 0 Å². The van der Waals surface area contributed by atoms with Crippen molar-refractivity contribution >= 4 is 0 Å². The molecule has 0 fully saturated rings. The predicted molar refractivity (Wildman–Crippen MR) is 232 cm³/mol. The third kappa shape index (κ3) is 55.6. The summed E-state index contributed by atoms with van der Waals surface area (Å²) in [6.45, 7) is 17.5. The van der Waals surface area contributed by atoms with Gasteiger partial charge in [0, 0.05) is 13.2 Å². The van der Waals surface area contributed by atoms with Crippen LogP contribution in [0.4, 0.5) is 0 Å². The van der Waals surface area contributed by atoms with Crippen LogP contribution in [-0.2, 0) is 52.1 Å². The van der Waals surface area contributed by atoms with E-state index in [2.05, 4.69) is 13.8 Å². The molecule has 0 aliphatic heterocycles. The van der Waals surface area contributed by atoms with E-state index in [1.165, 1.54) is 128 Å². The molecule has 0 unspecified atom stereocenters. The van der Waals surface area contributed by atoms with Crippen LogP contribution in [0.2, 0.25) is 0 Å². The Balaban J connectivity index is 3.05. The summed E-state index contributed by atoms with van der Waals surface area (Å²) in [5.74, 6) is 0. The van der Waals surface area contributed by atoms with Crippen LogP contribution in [0.1, 0.15) is 155 Å². The summed E-state index contributed by atoms with van der Waals surface area (Å²) in [5.41, 5.74) is 0. The summed E-state index contributed by atoms with van der Waals surface area (Å²) in [7, 11) is 0. The van der Waals surface area contributed by atoms with Gasteiger partial charge in [0.15, 0.2) is 0 Å². The number of rotatable bonds is 54. The molecule has 0 saturated heterocycles. The van der Waals surface area contributed by atoms with E-state index in [4.69, 9.17) is 52.1 Å². The van der Waals surface area contributed by atoms with Crippen molar-refractivity contribution < 1.29 is 52.1 Å². The van der Waals surface area contributed by atoms with Crippen LogP contribution in [0, 0.1) is 0 Å². The Morgan fingerprint density at radius 2 is 0.263 bits per heavy atom. The maximum absolute atomic E-state index is 5.69. The highest BCUT2D eigenvalue weighted by Crippen LogP contribution is 2.13. The maximum atomic E-state index is 5.69. The summed E-state index contributed by atoms with van der Waals surface area (Å²) < 4.78 is 61.2. The second-order valence-electron chi connectivity index (χ2n) is 14.8. The lowest BCUT2D eigenvalue weighted by Crippen LogP contribution is -2.15. The first-order chi connectivity index (χ1) is 28.4. The summed E-state index contributed by atoms with van der Waals surface area (Å²) in [4.78, 5) is 0. The van der Waals surface area contributed by atoms with E-state index >= 15 is 0 Å². The summed E-state index contributed by atoms with van der Waals surface area (Å²) in [6, 6.07) is 0. The highest BCUT2D eigenvalue weighted by Gasteiger charge is 1.98. The van der Waals surface area contributed by atoms with Crippen LogP contribution in [0.25, 0.3) is 0 Å². The van der Waals surface area contributed by atoms with Gasteiger partial charge in [0.05, 0.1) is 132 Å². The number of hydrogen-bond acceptors (Lipinski definition) is 11. The first kappa shape index (κ1) is 56.6. The normalized spacial score (nSPS) is 11.7. The van der Waals surface area contributed by atoms with Crippen molar-refractivity contribution in [3.63, 3.8) is 0 Å². The largest absolute Gasteiger partial charge is 0.379 e. The lowest BCUT2D eigenvalue weighted by molar-refractivity contribution is -0.0275. The van der Waals surface area contributed by atoms with Gasteiger partial charge in [0.1, 0.15) is 0 Å². The molecule has 0 aromatic heterocycles. The van der Waals surface area contributed by atoms with E-state index in [1.807, 2.05) is 0 Å². The Hall–Kier alpha value is -0.440. The van der Waals surface area contributed by atoms with Gasteiger partial charge in [-0.15, -0.1) is 0 Å². The molecule has 0 aromatic rings. The van der Waals surface area contributed by atoms with Crippen molar-refractivity contribution in [3.8, 4) is 0 Å². The van der Waals surface area contributed by atoms with Crippen molar-refractivity contribution in [2.24, 2.45) is 0 Å². The zero-order valence-electron chi connectivity index (χ0n) is 37.6. The maximum Gasteiger partial charge on any atom is 0.0701 e. The van der Waals surface area contributed by atoms with Crippen molar-refractivity contribution in [3.05, 3.63) is 0 Å². The molecule has 0 amide bonds. The molecule has 0 saturated carbocycles. The molecular weight excluding hydrogens is 728 g/mol. The SMILES string of the molecule is CCCCCCCCCCCCCCCCOCCOCCOCCOCCOCCOCCOCCOCCOCCOCCOCCCCCCCCCC. The second kappa shape index (κ2) is 55.6. The Bertz CT molecular complexity index is 622. The molecule has 0 rings (SSSR count). The number of hydrogen-bond donors (Lipinski definition) is 0. The average Bonchev–Trinajstić information content (AvgIpc) is 3.22. The molecule has 0 aliphatic carbocycles. The molecule has 344 valence electrons. The molecule has 11 nitrogen and oxygen atoms in total. The van der Waals surface area contributed by atoms with Gasteiger partial charge >= 0.3 is 0 Å². The highest BCUT2D eigenvalue weighted by atomic mass is 16.6. The van der Waals surface area contributed by atoms with Gasteiger partial charge in [-0.1, -0.05) is 142 Å². The summed E-state index contributed by atoms with van der Waals surface area (Å²) in [6.07, 6.45) is 29.8.